The molecule has 0 bridgehead atoms. The third-order valence-electron chi connectivity index (χ3n) is 7.36. The van der Waals surface area contributed by atoms with E-state index in [4.69, 9.17) is 0 Å². The zero-order valence-electron chi connectivity index (χ0n) is 17.3. The molecule has 6 nitrogen and oxygen atoms in total. The summed E-state index contributed by atoms with van der Waals surface area (Å²) in [4.78, 5) is 33.2. The van der Waals surface area contributed by atoms with Crippen molar-refractivity contribution in [2.24, 2.45) is 11.3 Å². The van der Waals surface area contributed by atoms with Gasteiger partial charge in [-0.3, -0.25) is 14.6 Å². The molecule has 1 aromatic rings. The van der Waals surface area contributed by atoms with Crippen LogP contribution in [-0.4, -0.2) is 57.4 Å². The van der Waals surface area contributed by atoms with Crippen LogP contribution in [0.4, 0.5) is 0 Å². The lowest BCUT2D eigenvalue weighted by atomic mass is 9.72. The Kier molecular flexibility index (Phi) is 6.18. The van der Waals surface area contributed by atoms with Gasteiger partial charge < -0.3 is 14.9 Å². The third-order valence-corrected chi connectivity index (χ3v) is 7.36. The van der Waals surface area contributed by atoms with E-state index < -0.39 is 6.10 Å². The van der Waals surface area contributed by atoms with E-state index in [1.165, 1.54) is 6.42 Å². The van der Waals surface area contributed by atoms with E-state index >= 15 is 0 Å². The number of hydrogen-bond donors (Lipinski definition) is 1. The standard InChI is InChI=1S/C23H33N3O3/c27-20-6-9-23(17-26(20)16-18-7-12-24-13-8-18)10-14-25(15-11-23)22(29)21(28)19-4-2-1-3-5-19/h7-8,12-13,19,21,28H,1-6,9-11,14-17H2/t21-/m1/s1. The summed E-state index contributed by atoms with van der Waals surface area (Å²) in [6.07, 6.45) is 11.4. The van der Waals surface area contributed by atoms with Gasteiger partial charge in [0.15, 0.2) is 0 Å². The van der Waals surface area contributed by atoms with Gasteiger partial charge in [-0.05, 0) is 61.1 Å². The highest BCUT2D eigenvalue weighted by Crippen LogP contribution is 2.41. The van der Waals surface area contributed by atoms with Crippen molar-refractivity contribution in [3.63, 3.8) is 0 Å². The molecule has 2 amide bonds. The van der Waals surface area contributed by atoms with E-state index in [2.05, 4.69) is 4.98 Å². The Morgan fingerprint density at radius 2 is 1.83 bits per heavy atom. The predicted molar refractivity (Wildman–Crippen MR) is 110 cm³/mol. The van der Waals surface area contributed by atoms with Crippen molar-refractivity contribution in [2.45, 2.75) is 70.4 Å². The molecule has 1 N–H and O–H groups in total. The molecule has 0 radical (unpaired) electrons. The highest BCUT2D eigenvalue weighted by atomic mass is 16.3. The summed E-state index contributed by atoms with van der Waals surface area (Å²) in [7, 11) is 0. The molecule has 2 aliphatic heterocycles. The Bertz CT molecular complexity index is 709. The number of carbonyl (C=O) groups excluding carboxylic acids is 2. The van der Waals surface area contributed by atoms with Gasteiger partial charge in [0.05, 0.1) is 0 Å². The maximum absolute atomic E-state index is 12.8. The number of aliphatic hydroxyl groups excluding tert-OH is 1. The van der Waals surface area contributed by atoms with Gasteiger partial charge in [-0.15, -0.1) is 0 Å². The number of pyridine rings is 1. The fourth-order valence-corrected chi connectivity index (χ4v) is 5.40. The second-order valence-corrected chi connectivity index (χ2v) is 9.27. The molecule has 3 aliphatic rings. The first-order valence-corrected chi connectivity index (χ1v) is 11.2. The molecule has 0 unspecified atom stereocenters. The topological polar surface area (TPSA) is 73.7 Å². The molecule has 29 heavy (non-hydrogen) atoms. The first-order valence-electron chi connectivity index (χ1n) is 11.2. The summed E-state index contributed by atoms with van der Waals surface area (Å²) in [5, 5.41) is 10.6. The third kappa shape index (κ3) is 4.63. The number of aliphatic hydroxyl groups is 1. The number of amides is 2. The maximum Gasteiger partial charge on any atom is 0.251 e. The molecule has 158 valence electrons. The highest BCUT2D eigenvalue weighted by Gasteiger charge is 2.42. The number of aromatic nitrogens is 1. The van der Waals surface area contributed by atoms with Crippen LogP contribution in [0.15, 0.2) is 24.5 Å². The molecule has 4 rings (SSSR count). The van der Waals surface area contributed by atoms with Crippen molar-refractivity contribution >= 4 is 11.8 Å². The van der Waals surface area contributed by atoms with Crippen LogP contribution in [0.1, 0.15) is 63.4 Å². The maximum atomic E-state index is 12.8. The van der Waals surface area contributed by atoms with Crippen molar-refractivity contribution in [2.75, 3.05) is 19.6 Å². The van der Waals surface area contributed by atoms with Crippen molar-refractivity contribution in [3.8, 4) is 0 Å². The van der Waals surface area contributed by atoms with Gasteiger partial charge in [0, 0.05) is 45.0 Å². The molecule has 1 spiro atoms. The Morgan fingerprint density at radius 3 is 2.52 bits per heavy atom. The van der Waals surface area contributed by atoms with Crippen LogP contribution in [-0.2, 0) is 16.1 Å². The zero-order valence-corrected chi connectivity index (χ0v) is 17.3. The summed E-state index contributed by atoms with van der Waals surface area (Å²) in [5.74, 6) is 0.279. The lowest BCUT2D eigenvalue weighted by molar-refractivity contribution is -0.149. The molecule has 1 aromatic heterocycles. The summed E-state index contributed by atoms with van der Waals surface area (Å²) >= 11 is 0. The number of nitrogens with zero attached hydrogens (tertiary/aromatic N) is 3. The van der Waals surface area contributed by atoms with Crippen molar-refractivity contribution in [1.82, 2.24) is 14.8 Å². The summed E-state index contributed by atoms with van der Waals surface area (Å²) in [5.41, 5.74) is 1.21. The minimum atomic E-state index is -0.833. The molecule has 3 fully saturated rings. The first-order chi connectivity index (χ1) is 14.1. The highest BCUT2D eigenvalue weighted by molar-refractivity contribution is 5.81. The average molecular weight is 400 g/mol. The van der Waals surface area contributed by atoms with Gasteiger partial charge in [-0.25, -0.2) is 0 Å². The number of rotatable bonds is 4. The average Bonchev–Trinajstić information content (AvgIpc) is 2.77. The molecular weight excluding hydrogens is 366 g/mol. The van der Waals surface area contributed by atoms with E-state index in [0.29, 0.717) is 26.1 Å². The molecule has 2 saturated heterocycles. The molecule has 6 heteroatoms. The monoisotopic (exact) mass is 399 g/mol. The number of piperidine rings is 2. The quantitative estimate of drug-likeness (QED) is 0.845. The Hall–Kier alpha value is -1.95. The smallest absolute Gasteiger partial charge is 0.251 e. The number of likely N-dealkylation sites (tertiary alicyclic amines) is 2. The summed E-state index contributed by atoms with van der Waals surface area (Å²) < 4.78 is 0. The van der Waals surface area contributed by atoms with Gasteiger partial charge >= 0.3 is 0 Å². The van der Waals surface area contributed by atoms with Gasteiger partial charge in [-0.2, -0.15) is 0 Å². The van der Waals surface area contributed by atoms with Crippen LogP contribution in [0.2, 0.25) is 0 Å². The molecule has 1 saturated carbocycles. The second kappa shape index (κ2) is 8.82. The van der Waals surface area contributed by atoms with Crippen molar-refractivity contribution in [3.05, 3.63) is 30.1 Å². The molecular formula is C23H33N3O3. The number of carbonyl (C=O) groups is 2. The van der Waals surface area contributed by atoms with Gasteiger partial charge in [0.2, 0.25) is 5.91 Å². The lowest BCUT2D eigenvalue weighted by Crippen LogP contribution is -2.54. The molecule has 3 heterocycles. The Labute approximate surface area is 173 Å². The van der Waals surface area contributed by atoms with Gasteiger partial charge in [0.25, 0.3) is 5.91 Å². The van der Waals surface area contributed by atoms with Crippen LogP contribution in [0.5, 0.6) is 0 Å². The Balaban J connectivity index is 1.34. The SMILES string of the molecule is O=C1CCC2(CCN(C(=O)[C@H](O)C3CCCCC3)CC2)CN1Cc1ccncc1. The fourth-order valence-electron chi connectivity index (χ4n) is 5.40. The van der Waals surface area contributed by atoms with E-state index in [1.807, 2.05) is 21.9 Å². The van der Waals surface area contributed by atoms with E-state index in [-0.39, 0.29) is 23.1 Å². The normalized spacial score (nSPS) is 24.0. The van der Waals surface area contributed by atoms with Crippen molar-refractivity contribution < 1.29 is 14.7 Å². The minimum absolute atomic E-state index is 0.0766. The largest absolute Gasteiger partial charge is 0.383 e. The predicted octanol–water partition coefficient (Wildman–Crippen LogP) is 2.75. The molecule has 1 aliphatic carbocycles. The van der Waals surface area contributed by atoms with Crippen LogP contribution in [0, 0.1) is 11.3 Å². The zero-order chi connectivity index (χ0) is 20.3. The first kappa shape index (κ1) is 20.3. The second-order valence-electron chi connectivity index (χ2n) is 9.27. The lowest BCUT2D eigenvalue weighted by Gasteiger charge is -2.48. The van der Waals surface area contributed by atoms with Gasteiger partial charge in [0.1, 0.15) is 6.10 Å². The summed E-state index contributed by atoms with van der Waals surface area (Å²) in [6.45, 7) is 2.79. The molecule has 0 aromatic carbocycles. The van der Waals surface area contributed by atoms with E-state index in [9.17, 15) is 14.7 Å². The van der Waals surface area contributed by atoms with Crippen LogP contribution >= 0.6 is 0 Å². The van der Waals surface area contributed by atoms with Crippen molar-refractivity contribution in [1.29, 1.82) is 0 Å². The van der Waals surface area contributed by atoms with Crippen LogP contribution < -0.4 is 0 Å². The number of hydrogen-bond acceptors (Lipinski definition) is 4. The summed E-state index contributed by atoms with van der Waals surface area (Å²) in [6, 6.07) is 3.92. The van der Waals surface area contributed by atoms with Gasteiger partial charge in [-0.1, -0.05) is 19.3 Å². The van der Waals surface area contributed by atoms with E-state index in [1.54, 1.807) is 12.4 Å². The fraction of sp³-hybridized carbons (Fsp3) is 0.696. The molecule has 1 atom stereocenters. The van der Waals surface area contributed by atoms with E-state index in [0.717, 1.165) is 57.1 Å². The Morgan fingerprint density at radius 1 is 1.14 bits per heavy atom. The van der Waals surface area contributed by atoms with Crippen LogP contribution in [0.25, 0.3) is 0 Å². The van der Waals surface area contributed by atoms with Crippen LogP contribution in [0.3, 0.4) is 0 Å². The minimum Gasteiger partial charge on any atom is -0.383 e.